The Hall–Kier alpha value is -2.86. The highest BCUT2D eigenvalue weighted by atomic mass is 35.5. The molecule has 1 unspecified atom stereocenters. The van der Waals surface area contributed by atoms with Crippen LogP contribution >= 0.6 is 11.6 Å². The highest BCUT2D eigenvalue weighted by molar-refractivity contribution is 6.30. The van der Waals surface area contributed by atoms with Crippen molar-refractivity contribution in [2.45, 2.75) is 13.0 Å². The van der Waals surface area contributed by atoms with Gasteiger partial charge in [-0.3, -0.25) is 9.59 Å². The number of nitrogens with zero attached hydrogens (tertiary/aromatic N) is 2. The van der Waals surface area contributed by atoms with Crippen molar-refractivity contribution < 1.29 is 9.21 Å². The molecule has 0 radical (unpaired) electrons. The van der Waals surface area contributed by atoms with Crippen LogP contribution in [0.3, 0.4) is 0 Å². The molecule has 2 heterocycles. The molecular weight excluding hydrogens is 342 g/mol. The Morgan fingerprint density at radius 1 is 1.24 bits per heavy atom. The van der Waals surface area contributed by atoms with Gasteiger partial charge in [0.05, 0.1) is 12.3 Å². The third-order valence-corrected chi connectivity index (χ3v) is 3.93. The molecule has 7 heteroatoms. The van der Waals surface area contributed by atoms with E-state index in [2.05, 4.69) is 10.4 Å². The first-order chi connectivity index (χ1) is 12.0. The van der Waals surface area contributed by atoms with E-state index in [0.29, 0.717) is 22.0 Å². The van der Waals surface area contributed by atoms with Crippen LogP contribution in [0, 0.1) is 0 Å². The highest BCUT2D eigenvalue weighted by Gasteiger charge is 2.13. The van der Waals surface area contributed by atoms with Gasteiger partial charge < -0.3 is 9.73 Å². The average molecular weight is 358 g/mol. The van der Waals surface area contributed by atoms with E-state index in [9.17, 15) is 9.59 Å². The van der Waals surface area contributed by atoms with Crippen molar-refractivity contribution >= 4 is 17.5 Å². The molecule has 2 aromatic heterocycles. The van der Waals surface area contributed by atoms with Gasteiger partial charge in [0.25, 0.3) is 11.5 Å². The molecule has 0 aliphatic carbocycles. The van der Waals surface area contributed by atoms with Crippen LogP contribution in [0.25, 0.3) is 11.5 Å². The molecule has 0 fully saturated rings. The number of carbonyl (C=O) groups excluding carboxylic acids is 1. The van der Waals surface area contributed by atoms with E-state index in [-0.39, 0.29) is 24.1 Å². The Bertz CT molecular complexity index is 917. The summed E-state index contributed by atoms with van der Waals surface area (Å²) in [5.74, 6) is 0.338. The number of carbonyl (C=O) groups is 1. The first-order valence-electron chi connectivity index (χ1n) is 7.72. The Balaban J connectivity index is 1.71. The molecule has 25 heavy (non-hydrogen) atoms. The van der Waals surface area contributed by atoms with Crippen LogP contribution in [0.5, 0.6) is 0 Å². The van der Waals surface area contributed by atoms with Gasteiger partial charge in [-0.25, -0.2) is 4.68 Å². The minimum atomic E-state index is -0.321. The number of furan rings is 1. The number of hydrogen-bond donors (Lipinski definition) is 1. The first kappa shape index (κ1) is 17.0. The van der Waals surface area contributed by atoms with Crippen LogP contribution in [-0.4, -0.2) is 22.2 Å². The topological polar surface area (TPSA) is 77.1 Å². The fourth-order valence-corrected chi connectivity index (χ4v) is 2.45. The monoisotopic (exact) mass is 357 g/mol. The van der Waals surface area contributed by atoms with Crippen LogP contribution < -0.4 is 10.9 Å². The minimum absolute atomic E-state index is 0.237. The predicted octanol–water partition coefficient (Wildman–Crippen LogP) is 3.15. The number of halogens is 1. The molecule has 1 N–H and O–H groups in total. The summed E-state index contributed by atoms with van der Waals surface area (Å²) < 4.78 is 6.63. The molecule has 0 saturated heterocycles. The van der Waals surface area contributed by atoms with Gasteiger partial charge in [-0.05, 0) is 49.4 Å². The molecular formula is C18H16ClN3O3. The molecule has 1 atom stereocenters. The average Bonchev–Trinajstić information content (AvgIpc) is 3.15. The van der Waals surface area contributed by atoms with Crippen molar-refractivity contribution in [3.8, 4) is 11.5 Å². The second-order valence-corrected chi connectivity index (χ2v) is 5.98. The van der Waals surface area contributed by atoms with E-state index in [0.717, 1.165) is 0 Å². The lowest BCUT2D eigenvalue weighted by atomic mass is 10.2. The van der Waals surface area contributed by atoms with Gasteiger partial charge in [0, 0.05) is 23.2 Å². The Labute approximate surface area is 149 Å². The molecule has 128 valence electrons. The van der Waals surface area contributed by atoms with E-state index in [1.165, 1.54) is 10.7 Å². The zero-order valence-corrected chi connectivity index (χ0v) is 14.2. The minimum Gasteiger partial charge on any atom is -0.463 e. The van der Waals surface area contributed by atoms with Crippen molar-refractivity contribution in [3.05, 3.63) is 75.7 Å². The molecule has 3 rings (SSSR count). The van der Waals surface area contributed by atoms with Crippen molar-refractivity contribution in [1.82, 2.24) is 15.1 Å². The SMILES string of the molecule is CC(CNC(=O)c1ccc(Cl)cc1)n1nc(-c2ccco2)ccc1=O. The number of aromatic nitrogens is 2. The molecule has 1 aromatic carbocycles. The van der Waals surface area contributed by atoms with Crippen molar-refractivity contribution in [3.63, 3.8) is 0 Å². The first-order valence-corrected chi connectivity index (χ1v) is 8.10. The van der Waals surface area contributed by atoms with Crippen LogP contribution in [0.4, 0.5) is 0 Å². The third-order valence-electron chi connectivity index (χ3n) is 3.68. The molecule has 3 aromatic rings. The maximum atomic E-state index is 12.2. The van der Waals surface area contributed by atoms with Crippen molar-refractivity contribution in [1.29, 1.82) is 0 Å². The second-order valence-electron chi connectivity index (χ2n) is 5.54. The number of benzene rings is 1. The summed E-state index contributed by atoms with van der Waals surface area (Å²) in [4.78, 5) is 24.2. The van der Waals surface area contributed by atoms with E-state index in [4.69, 9.17) is 16.0 Å². The Morgan fingerprint density at radius 3 is 2.68 bits per heavy atom. The summed E-state index contributed by atoms with van der Waals surface area (Å²) in [5, 5.41) is 7.68. The molecule has 1 amide bonds. The Morgan fingerprint density at radius 2 is 2.00 bits per heavy atom. The maximum Gasteiger partial charge on any atom is 0.267 e. The van der Waals surface area contributed by atoms with Crippen molar-refractivity contribution in [2.24, 2.45) is 0 Å². The molecule has 0 aliphatic rings. The number of hydrogen-bond acceptors (Lipinski definition) is 4. The van der Waals surface area contributed by atoms with Crippen LogP contribution in [-0.2, 0) is 0 Å². The normalized spacial score (nSPS) is 11.9. The number of nitrogens with one attached hydrogen (secondary N) is 1. The lowest BCUT2D eigenvalue weighted by Gasteiger charge is -2.15. The molecule has 0 aliphatic heterocycles. The smallest absolute Gasteiger partial charge is 0.267 e. The predicted molar refractivity (Wildman–Crippen MR) is 94.7 cm³/mol. The van der Waals surface area contributed by atoms with E-state index < -0.39 is 0 Å². The summed E-state index contributed by atoms with van der Waals surface area (Å²) in [6.45, 7) is 2.07. The van der Waals surface area contributed by atoms with Crippen LogP contribution in [0.1, 0.15) is 23.3 Å². The van der Waals surface area contributed by atoms with Crippen LogP contribution in [0.15, 0.2) is 64.0 Å². The molecule has 0 spiro atoms. The van der Waals surface area contributed by atoms with Gasteiger partial charge in [-0.2, -0.15) is 5.10 Å². The van der Waals surface area contributed by atoms with E-state index in [1.807, 2.05) is 6.92 Å². The van der Waals surface area contributed by atoms with Gasteiger partial charge in [-0.15, -0.1) is 0 Å². The molecule has 0 saturated carbocycles. The summed E-state index contributed by atoms with van der Waals surface area (Å²) in [5.41, 5.74) is 0.810. The largest absolute Gasteiger partial charge is 0.463 e. The summed E-state index contributed by atoms with van der Waals surface area (Å²) in [6, 6.07) is 12.8. The molecule has 0 bridgehead atoms. The fraction of sp³-hybridized carbons (Fsp3) is 0.167. The summed E-state index contributed by atoms with van der Waals surface area (Å²) >= 11 is 5.81. The van der Waals surface area contributed by atoms with Gasteiger partial charge >= 0.3 is 0 Å². The highest BCUT2D eigenvalue weighted by Crippen LogP contribution is 2.16. The maximum absolute atomic E-state index is 12.2. The van der Waals surface area contributed by atoms with Gasteiger partial charge in [0.15, 0.2) is 5.76 Å². The molecule has 6 nitrogen and oxygen atoms in total. The third kappa shape index (κ3) is 3.97. The quantitative estimate of drug-likeness (QED) is 0.761. The van der Waals surface area contributed by atoms with Gasteiger partial charge in [-0.1, -0.05) is 11.6 Å². The van der Waals surface area contributed by atoms with E-state index in [1.54, 1.807) is 48.7 Å². The Kier molecular flexibility index (Phi) is 5.00. The van der Waals surface area contributed by atoms with Gasteiger partial charge in [0.1, 0.15) is 5.69 Å². The summed E-state index contributed by atoms with van der Waals surface area (Å²) in [6.07, 6.45) is 1.54. The zero-order chi connectivity index (χ0) is 17.8. The van der Waals surface area contributed by atoms with E-state index >= 15 is 0 Å². The lowest BCUT2D eigenvalue weighted by molar-refractivity contribution is 0.0947. The van der Waals surface area contributed by atoms with Crippen molar-refractivity contribution in [2.75, 3.05) is 6.54 Å². The summed E-state index contributed by atoms with van der Waals surface area (Å²) in [7, 11) is 0. The van der Waals surface area contributed by atoms with Crippen LogP contribution in [0.2, 0.25) is 5.02 Å². The second kappa shape index (κ2) is 7.36. The van der Waals surface area contributed by atoms with Gasteiger partial charge in [0.2, 0.25) is 0 Å². The zero-order valence-electron chi connectivity index (χ0n) is 13.5. The number of amides is 1. The standard InChI is InChI=1S/C18H16ClN3O3/c1-12(11-20-18(24)13-4-6-14(19)7-5-13)22-17(23)9-8-15(21-22)16-3-2-10-25-16/h2-10,12H,11H2,1H3,(H,20,24). The number of rotatable bonds is 5. The lowest BCUT2D eigenvalue weighted by Crippen LogP contribution is -2.34. The fourth-order valence-electron chi connectivity index (χ4n) is 2.33.